The van der Waals surface area contributed by atoms with Crippen molar-refractivity contribution in [2.24, 2.45) is 0 Å². The van der Waals surface area contributed by atoms with Crippen molar-refractivity contribution >= 4 is 17.4 Å². The maximum Gasteiger partial charge on any atom is 0.0361 e. The molecule has 1 aliphatic rings. The van der Waals surface area contributed by atoms with Crippen molar-refractivity contribution in [2.75, 3.05) is 25.3 Å². The van der Waals surface area contributed by atoms with Crippen LogP contribution in [-0.4, -0.2) is 31.6 Å². The molecule has 1 aromatic rings. The van der Waals surface area contributed by atoms with Gasteiger partial charge in [0.1, 0.15) is 0 Å². The van der Waals surface area contributed by atoms with Crippen LogP contribution in [0.4, 0.5) is 5.69 Å². The maximum atomic E-state index is 3.78. The van der Waals surface area contributed by atoms with E-state index in [-0.39, 0.29) is 0 Å². The summed E-state index contributed by atoms with van der Waals surface area (Å²) >= 11 is 2.02. The molecule has 1 aromatic carbocycles. The molecule has 2 nitrogen and oxygen atoms in total. The summed E-state index contributed by atoms with van der Waals surface area (Å²) in [6.45, 7) is 2.27. The number of thioether (sulfide) groups is 1. The van der Waals surface area contributed by atoms with Crippen LogP contribution in [0.3, 0.4) is 0 Å². The lowest BCUT2D eigenvalue weighted by Gasteiger charge is -2.21. The third kappa shape index (κ3) is 3.90. The minimum absolute atomic E-state index is 0.446. The Morgan fingerprint density at radius 3 is 2.42 bits per heavy atom. The Kier molecular flexibility index (Phi) is 5.17. The molecule has 19 heavy (non-hydrogen) atoms. The molecule has 3 unspecified atom stereocenters. The van der Waals surface area contributed by atoms with Gasteiger partial charge in [-0.25, -0.2) is 0 Å². The van der Waals surface area contributed by atoms with Crippen LogP contribution in [-0.2, 0) is 0 Å². The largest absolute Gasteiger partial charge is 0.378 e. The molecule has 0 radical (unpaired) electrons. The van der Waals surface area contributed by atoms with E-state index in [1.807, 2.05) is 11.8 Å². The molecule has 0 amide bonds. The molecule has 1 aliphatic carbocycles. The Morgan fingerprint density at radius 1 is 1.21 bits per heavy atom. The fraction of sp³-hybridized carbons (Fsp3) is 0.625. The Balaban J connectivity index is 1.91. The Morgan fingerprint density at radius 2 is 1.89 bits per heavy atom. The van der Waals surface area contributed by atoms with Gasteiger partial charge in [-0.1, -0.05) is 12.1 Å². The molecule has 0 heterocycles. The maximum absolute atomic E-state index is 3.78. The second-order valence-corrected chi connectivity index (χ2v) is 6.88. The van der Waals surface area contributed by atoms with Gasteiger partial charge in [-0.3, -0.25) is 0 Å². The van der Waals surface area contributed by atoms with Gasteiger partial charge in [0.15, 0.2) is 0 Å². The summed E-state index contributed by atoms with van der Waals surface area (Å²) in [4.78, 5) is 2.14. The van der Waals surface area contributed by atoms with E-state index in [9.17, 15) is 0 Å². The number of hydrogen-bond acceptors (Lipinski definition) is 3. The second kappa shape index (κ2) is 6.67. The third-order valence-corrected chi connectivity index (χ3v) is 5.21. The van der Waals surface area contributed by atoms with Crippen LogP contribution in [0.15, 0.2) is 24.3 Å². The molecular weight excluding hydrogens is 252 g/mol. The molecule has 0 aromatic heterocycles. The zero-order valence-corrected chi connectivity index (χ0v) is 13.3. The summed E-state index contributed by atoms with van der Waals surface area (Å²) in [6.07, 6.45) is 6.24. The quantitative estimate of drug-likeness (QED) is 0.884. The average Bonchev–Trinajstić information content (AvgIpc) is 2.86. The van der Waals surface area contributed by atoms with Crippen molar-refractivity contribution in [3.05, 3.63) is 29.8 Å². The monoisotopic (exact) mass is 278 g/mol. The topological polar surface area (TPSA) is 15.3 Å². The number of nitrogens with one attached hydrogen (secondary N) is 1. The predicted molar refractivity (Wildman–Crippen MR) is 87.3 cm³/mol. The third-order valence-electron chi connectivity index (χ3n) is 4.11. The molecular formula is C16H26N2S. The fourth-order valence-electron chi connectivity index (χ4n) is 2.82. The van der Waals surface area contributed by atoms with E-state index in [1.165, 1.54) is 30.5 Å². The molecule has 0 saturated heterocycles. The van der Waals surface area contributed by atoms with Gasteiger partial charge in [-0.15, -0.1) is 0 Å². The lowest BCUT2D eigenvalue weighted by atomic mass is 10.1. The Labute approximate surface area is 122 Å². The Hall–Kier alpha value is -0.670. The van der Waals surface area contributed by atoms with Crippen molar-refractivity contribution in [3.63, 3.8) is 0 Å². The van der Waals surface area contributed by atoms with Crippen molar-refractivity contribution in [3.8, 4) is 0 Å². The van der Waals surface area contributed by atoms with Crippen molar-refractivity contribution in [2.45, 2.75) is 43.5 Å². The molecule has 3 atom stereocenters. The van der Waals surface area contributed by atoms with Crippen LogP contribution >= 0.6 is 11.8 Å². The molecule has 106 valence electrons. The zero-order chi connectivity index (χ0) is 13.8. The first-order valence-electron chi connectivity index (χ1n) is 7.16. The van der Waals surface area contributed by atoms with Crippen molar-refractivity contribution in [1.29, 1.82) is 0 Å². The first-order valence-corrected chi connectivity index (χ1v) is 8.45. The van der Waals surface area contributed by atoms with Crippen LogP contribution in [0.2, 0.25) is 0 Å². The highest BCUT2D eigenvalue weighted by Gasteiger charge is 2.24. The summed E-state index contributed by atoms with van der Waals surface area (Å²) < 4.78 is 0. The number of nitrogens with zero attached hydrogens (tertiary/aromatic N) is 1. The van der Waals surface area contributed by atoms with Gasteiger partial charge in [0.05, 0.1) is 0 Å². The first-order chi connectivity index (χ1) is 9.10. The van der Waals surface area contributed by atoms with Gasteiger partial charge >= 0.3 is 0 Å². The summed E-state index contributed by atoms with van der Waals surface area (Å²) in [5, 5.41) is 4.64. The fourth-order valence-corrected chi connectivity index (χ4v) is 3.61. The van der Waals surface area contributed by atoms with Gasteiger partial charge in [0.25, 0.3) is 0 Å². The summed E-state index contributed by atoms with van der Waals surface area (Å²) in [7, 11) is 4.16. The minimum atomic E-state index is 0.446. The highest BCUT2D eigenvalue weighted by molar-refractivity contribution is 7.99. The molecule has 1 N–H and O–H groups in total. The normalized spacial score (nSPS) is 24.4. The van der Waals surface area contributed by atoms with Crippen LogP contribution < -0.4 is 10.2 Å². The number of anilines is 1. The van der Waals surface area contributed by atoms with Crippen LogP contribution in [0.25, 0.3) is 0 Å². The smallest absolute Gasteiger partial charge is 0.0361 e. The van der Waals surface area contributed by atoms with E-state index in [0.717, 1.165) is 5.25 Å². The van der Waals surface area contributed by atoms with E-state index in [4.69, 9.17) is 0 Å². The average molecular weight is 278 g/mol. The van der Waals surface area contributed by atoms with Crippen molar-refractivity contribution in [1.82, 2.24) is 5.32 Å². The number of hydrogen-bond donors (Lipinski definition) is 1. The molecule has 3 heteroatoms. The molecule has 0 aliphatic heterocycles. The lowest BCUT2D eigenvalue weighted by molar-refractivity contribution is 0.462. The highest BCUT2D eigenvalue weighted by atomic mass is 32.2. The molecule has 1 fully saturated rings. The molecule has 0 bridgehead atoms. The van der Waals surface area contributed by atoms with E-state index < -0.39 is 0 Å². The molecule has 2 rings (SSSR count). The lowest BCUT2D eigenvalue weighted by Crippen LogP contribution is -2.29. The van der Waals surface area contributed by atoms with Crippen LogP contribution in [0.5, 0.6) is 0 Å². The summed E-state index contributed by atoms with van der Waals surface area (Å²) in [5.41, 5.74) is 2.65. The summed E-state index contributed by atoms with van der Waals surface area (Å²) in [5.74, 6) is 0. The van der Waals surface area contributed by atoms with E-state index in [2.05, 4.69) is 61.8 Å². The second-order valence-electron chi connectivity index (χ2n) is 5.74. The van der Waals surface area contributed by atoms with Crippen LogP contribution in [0.1, 0.15) is 37.8 Å². The van der Waals surface area contributed by atoms with E-state index >= 15 is 0 Å². The molecule has 1 saturated carbocycles. The van der Waals surface area contributed by atoms with Gasteiger partial charge in [-0.05, 0) is 50.1 Å². The van der Waals surface area contributed by atoms with Gasteiger partial charge in [0, 0.05) is 37.1 Å². The van der Waals surface area contributed by atoms with Gasteiger partial charge < -0.3 is 10.2 Å². The number of rotatable bonds is 5. The van der Waals surface area contributed by atoms with E-state index in [0.29, 0.717) is 12.1 Å². The number of benzene rings is 1. The zero-order valence-electron chi connectivity index (χ0n) is 12.5. The van der Waals surface area contributed by atoms with Gasteiger partial charge in [-0.2, -0.15) is 11.8 Å². The standard InChI is InChI=1S/C16H26N2S/c1-12(17-14-7-10-16(11-14)19-4)13-5-8-15(9-6-13)18(2)3/h5-6,8-9,12,14,16-17H,7,10-11H2,1-4H3. The van der Waals surface area contributed by atoms with Crippen LogP contribution in [0, 0.1) is 0 Å². The molecule has 0 spiro atoms. The SMILES string of the molecule is CSC1CCC(NC(C)c2ccc(N(C)C)cc2)C1. The Bertz CT molecular complexity index is 388. The minimum Gasteiger partial charge on any atom is -0.378 e. The van der Waals surface area contributed by atoms with Crippen molar-refractivity contribution < 1.29 is 0 Å². The highest BCUT2D eigenvalue weighted by Crippen LogP contribution is 2.29. The predicted octanol–water partition coefficient (Wildman–Crippen LogP) is 3.69. The summed E-state index contributed by atoms with van der Waals surface area (Å²) in [6, 6.07) is 10.0. The first kappa shape index (κ1) is 14.7. The van der Waals surface area contributed by atoms with Gasteiger partial charge in [0.2, 0.25) is 0 Å². The van der Waals surface area contributed by atoms with E-state index in [1.54, 1.807) is 0 Å².